The zero-order valence-electron chi connectivity index (χ0n) is 9.40. The fourth-order valence-corrected chi connectivity index (χ4v) is 1.82. The van der Waals surface area contributed by atoms with Gasteiger partial charge in [-0.25, -0.2) is 0 Å². The van der Waals surface area contributed by atoms with E-state index in [-0.39, 0.29) is 0 Å². The molecule has 0 heterocycles. The summed E-state index contributed by atoms with van der Waals surface area (Å²) in [5, 5.41) is 0.603. The Bertz CT molecular complexity index is 485. The highest BCUT2D eigenvalue weighted by Crippen LogP contribution is 2.28. The van der Waals surface area contributed by atoms with Crippen molar-refractivity contribution in [2.75, 3.05) is 0 Å². The quantitative estimate of drug-likeness (QED) is 0.899. The first kappa shape index (κ1) is 12.0. The van der Waals surface area contributed by atoms with Gasteiger partial charge in [-0.05, 0) is 17.2 Å². The molecular formula is C14H14ClNO. The molecule has 0 saturated carbocycles. The van der Waals surface area contributed by atoms with Crippen LogP contribution < -0.4 is 10.5 Å². The van der Waals surface area contributed by atoms with E-state index < -0.39 is 0 Å². The number of halogens is 1. The van der Waals surface area contributed by atoms with Gasteiger partial charge in [-0.3, -0.25) is 0 Å². The summed E-state index contributed by atoms with van der Waals surface area (Å²) >= 11 is 6.17. The Kier molecular flexibility index (Phi) is 4.02. The average Bonchev–Trinajstić information content (AvgIpc) is 2.39. The number of hydrogen-bond donors (Lipinski definition) is 1. The van der Waals surface area contributed by atoms with Crippen LogP contribution in [-0.2, 0) is 13.2 Å². The standard InChI is InChI=1S/C14H14ClNO/c15-14-12(9-16)7-4-8-13(14)17-10-11-5-2-1-3-6-11/h1-8H,9-10,16H2. The Hall–Kier alpha value is -1.51. The Morgan fingerprint density at radius 1 is 1.00 bits per heavy atom. The highest BCUT2D eigenvalue weighted by atomic mass is 35.5. The molecule has 2 aromatic carbocycles. The second-order valence-corrected chi connectivity index (χ2v) is 4.09. The lowest BCUT2D eigenvalue weighted by Crippen LogP contribution is -2.00. The fourth-order valence-electron chi connectivity index (χ4n) is 1.56. The first-order valence-corrected chi connectivity index (χ1v) is 5.83. The van der Waals surface area contributed by atoms with Gasteiger partial charge in [0, 0.05) is 6.54 Å². The predicted molar refractivity (Wildman–Crippen MR) is 70.1 cm³/mol. The van der Waals surface area contributed by atoms with Gasteiger partial charge in [0.25, 0.3) is 0 Å². The maximum atomic E-state index is 6.17. The number of ether oxygens (including phenoxy) is 1. The molecule has 0 aliphatic carbocycles. The van der Waals surface area contributed by atoms with Crippen LogP contribution in [-0.4, -0.2) is 0 Å². The molecule has 2 aromatic rings. The minimum absolute atomic E-state index is 0.418. The Morgan fingerprint density at radius 3 is 2.47 bits per heavy atom. The molecule has 0 aliphatic heterocycles. The molecule has 2 rings (SSSR count). The molecule has 0 spiro atoms. The van der Waals surface area contributed by atoms with E-state index in [2.05, 4.69) is 0 Å². The molecule has 2 nitrogen and oxygen atoms in total. The lowest BCUT2D eigenvalue weighted by Gasteiger charge is -2.10. The van der Waals surface area contributed by atoms with Gasteiger partial charge in [-0.1, -0.05) is 54.1 Å². The molecule has 0 saturated heterocycles. The average molecular weight is 248 g/mol. The van der Waals surface area contributed by atoms with E-state index in [1.165, 1.54) is 0 Å². The molecule has 0 bridgehead atoms. The third kappa shape index (κ3) is 2.99. The van der Waals surface area contributed by atoms with Crippen molar-refractivity contribution in [3.63, 3.8) is 0 Å². The van der Waals surface area contributed by atoms with Crippen molar-refractivity contribution in [2.45, 2.75) is 13.2 Å². The van der Waals surface area contributed by atoms with Crippen molar-refractivity contribution >= 4 is 11.6 Å². The van der Waals surface area contributed by atoms with E-state index in [4.69, 9.17) is 22.1 Å². The zero-order chi connectivity index (χ0) is 12.1. The van der Waals surface area contributed by atoms with Gasteiger partial charge in [-0.15, -0.1) is 0 Å². The normalized spacial score (nSPS) is 10.2. The van der Waals surface area contributed by atoms with Gasteiger partial charge in [0.15, 0.2) is 0 Å². The largest absolute Gasteiger partial charge is 0.487 e. The van der Waals surface area contributed by atoms with Gasteiger partial charge in [0.05, 0.1) is 5.02 Å². The lowest BCUT2D eigenvalue weighted by molar-refractivity contribution is 0.306. The molecule has 0 radical (unpaired) electrons. The van der Waals surface area contributed by atoms with Crippen LogP contribution in [0.4, 0.5) is 0 Å². The molecule has 0 aromatic heterocycles. The van der Waals surface area contributed by atoms with Crippen molar-refractivity contribution in [3.8, 4) is 5.75 Å². The SMILES string of the molecule is NCc1cccc(OCc2ccccc2)c1Cl. The predicted octanol–water partition coefficient (Wildman–Crippen LogP) is 3.38. The molecule has 0 fully saturated rings. The van der Waals surface area contributed by atoms with Crippen LogP contribution >= 0.6 is 11.6 Å². The molecule has 0 atom stereocenters. The lowest BCUT2D eigenvalue weighted by atomic mass is 10.2. The molecule has 88 valence electrons. The van der Waals surface area contributed by atoms with Crippen molar-refractivity contribution in [1.29, 1.82) is 0 Å². The Morgan fingerprint density at radius 2 is 1.76 bits per heavy atom. The molecule has 3 heteroatoms. The molecule has 0 unspecified atom stereocenters. The molecule has 2 N–H and O–H groups in total. The summed E-state index contributed by atoms with van der Waals surface area (Å²) in [7, 11) is 0. The third-order valence-corrected chi connectivity index (χ3v) is 2.93. The van der Waals surface area contributed by atoms with Crippen LogP contribution in [0.1, 0.15) is 11.1 Å². The first-order valence-electron chi connectivity index (χ1n) is 5.45. The summed E-state index contributed by atoms with van der Waals surface area (Å²) in [6, 6.07) is 15.6. The van der Waals surface area contributed by atoms with Crippen molar-refractivity contribution in [1.82, 2.24) is 0 Å². The van der Waals surface area contributed by atoms with Crippen LogP contribution in [0, 0.1) is 0 Å². The number of benzene rings is 2. The van der Waals surface area contributed by atoms with Crippen molar-refractivity contribution in [2.24, 2.45) is 5.73 Å². The van der Waals surface area contributed by atoms with Crippen LogP contribution in [0.15, 0.2) is 48.5 Å². The summed E-state index contributed by atoms with van der Waals surface area (Å²) in [4.78, 5) is 0. The second kappa shape index (κ2) is 5.71. The Labute approximate surface area is 106 Å². The van der Waals surface area contributed by atoms with E-state index >= 15 is 0 Å². The third-order valence-electron chi connectivity index (χ3n) is 2.50. The van der Waals surface area contributed by atoms with E-state index in [1.54, 1.807) is 0 Å². The Balaban J connectivity index is 2.09. The minimum Gasteiger partial charge on any atom is -0.487 e. The van der Waals surface area contributed by atoms with Gasteiger partial charge in [0.2, 0.25) is 0 Å². The number of nitrogens with two attached hydrogens (primary N) is 1. The summed E-state index contributed by atoms with van der Waals surface area (Å²) in [5.74, 6) is 0.679. The van der Waals surface area contributed by atoms with Crippen molar-refractivity contribution < 1.29 is 4.74 Å². The fraction of sp³-hybridized carbons (Fsp3) is 0.143. The zero-order valence-corrected chi connectivity index (χ0v) is 10.2. The topological polar surface area (TPSA) is 35.2 Å². The number of hydrogen-bond acceptors (Lipinski definition) is 2. The van der Waals surface area contributed by atoms with Crippen LogP contribution in [0.25, 0.3) is 0 Å². The monoisotopic (exact) mass is 247 g/mol. The van der Waals surface area contributed by atoms with Crippen molar-refractivity contribution in [3.05, 3.63) is 64.7 Å². The van der Waals surface area contributed by atoms with E-state index in [1.807, 2.05) is 48.5 Å². The van der Waals surface area contributed by atoms with Crippen LogP contribution in [0.2, 0.25) is 5.02 Å². The second-order valence-electron chi connectivity index (χ2n) is 3.71. The van der Waals surface area contributed by atoms with Gasteiger partial charge < -0.3 is 10.5 Å². The van der Waals surface area contributed by atoms with Crippen LogP contribution in [0.5, 0.6) is 5.75 Å². The maximum absolute atomic E-state index is 6.17. The number of rotatable bonds is 4. The van der Waals surface area contributed by atoms with E-state index in [0.29, 0.717) is 23.9 Å². The van der Waals surface area contributed by atoms with Gasteiger partial charge >= 0.3 is 0 Å². The molecule has 0 aliphatic rings. The van der Waals surface area contributed by atoms with Gasteiger partial charge in [0.1, 0.15) is 12.4 Å². The smallest absolute Gasteiger partial charge is 0.138 e. The summed E-state index contributed by atoms with van der Waals surface area (Å²) < 4.78 is 5.68. The highest BCUT2D eigenvalue weighted by molar-refractivity contribution is 6.32. The van der Waals surface area contributed by atoms with Gasteiger partial charge in [-0.2, -0.15) is 0 Å². The minimum atomic E-state index is 0.418. The summed E-state index contributed by atoms with van der Waals surface area (Å²) in [6.07, 6.45) is 0. The van der Waals surface area contributed by atoms with Crippen LogP contribution in [0.3, 0.4) is 0 Å². The molecule has 17 heavy (non-hydrogen) atoms. The summed E-state index contributed by atoms with van der Waals surface area (Å²) in [6.45, 7) is 0.927. The molecular weight excluding hydrogens is 234 g/mol. The van der Waals surface area contributed by atoms with E-state index in [0.717, 1.165) is 11.1 Å². The first-order chi connectivity index (χ1) is 8.31. The van der Waals surface area contributed by atoms with E-state index in [9.17, 15) is 0 Å². The summed E-state index contributed by atoms with van der Waals surface area (Å²) in [5.41, 5.74) is 7.60. The highest BCUT2D eigenvalue weighted by Gasteiger charge is 2.05. The molecule has 0 amide bonds. The maximum Gasteiger partial charge on any atom is 0.138 e.